The van der Waals surface area contributed by atoms with E-state index in [0.717, 1.165) is 10.0 Å². The lowest BCUT2D eigenvalue weighted by Gasteiger charge is -2.23. The minimum Gasteiger partial charge on any atom is -0.493 e. The minimum atomic E-state index is 0.464. The molecule has 0 atom stereocenters. The first kappa shape index (κ1) is 16.9. The summed E-state index contributed by atoms with van der Waals surface area (Å²) in [5.74, 6) is 1.89. The van der Waals surface area contributed by atoms with E-state index in [1.165, 1.54) is 32.1 Å². The number of nitrogens with two attached hydrogens (primary N) is 1. The normalized spacial score (nSPS) is 16.4. The van der Waals surface area contributed by atoms with Crippen molar-refractivity contribution in [2.75, 3.05) is 14.2 Å². The van der Waals surface area contributed by atoms with Crippen LogP contribution in [0.5, 0.6) is 11.5 Å². The van der Waals surface area contributed by atoms with Gasteiger partial charge in [0, 0.05) is 10.5 Å². The number of nitrogens with zero attached hydrogens (tertiary/aromatic N) is 1. The van der Waals surface area contributed by atoms with Crippen molar-refractivity contribution in [1.29, 1.82) is 0 Å². The van der Waals surface area contributed by atoms with Crippen LogP contribution >= 0.6 is 15.9 Å². The number of methoxy groups -OCH3 is 2. The molecule has 0 aliphatic heterocycles. The fraction of sp³-hybridized carbons (Fsp3) is 0.562. The smallest absolute Gasteiger partial charge is 0.189 e. The molecule has 6 heteroatoms. The number of hydrogen-bond acceptors (Lipinski definition) is 3. The van der Waals surface area contributed by atoms with Crippen molar-refractivity contribution in [1.82, 2.24) is 5.32 Å². The molecule has 0 saturated heterocycles. The molecule has 1 aliphatic rings. The van der Waals surface area contributed by atoms with Gasteiger partial charge in [-0.25, -0.2) is 4.99 Å². The lowest BCUT2D eigenvalue weighted by molar-refractivity contribution is 0.354. The second kappa shape index (κ2) is 8.27. The molecular weight excluding hydrogens is 346 g/mol. The van der Waals surface area contributed by atoms with Gasteiger partial charge in [0.25, 0.3) is 0 Å². The number of aliphatic imine (C=N–C) groups is 1. The van der Waals surface area contributed by atoms with E-state index in [-0.39, 0.29) is 0 Å². The maximum atomic E-state index is 6.00. The van der Waals surface area contributed by atoms with E-state index >= 15 is 0 Å². The van der Waals surface area contributed by atoms with Crippen LogP contribution < -0.4 is 20.5 Å². The van der Waals surface area contributed by atoms with Crippen LogP contribution in [0.2, 0.25) is 0 Å². The maximum Gasteiger partial charge on any atom is 0.189 e. The van der Waals surface area contributed by atoms with Crippen LogP contribution in [0.4, 0.5) is 0 Å². The Morgan fingerprint density at radius 2 is 1.86 bits per heavy atom. The van der Waals surface area contributed by atoms with Gasteiger partial charge in [0.1, 0.15) is 0 Å². The Balaban J connectivity index is 2.01. The van der Waals surface area contributed by atoms with E-state index in [1.807, 2.05) is 12.1 Å². The van der Waals surface area contributed by atoms with E-state index in [1.54, 1.807) is 14.2 Å². The van der Waals surface area contributed by atoms with Gasteiger partial charge in [0.15, 0.2) is 17.5 Å². The molecule has 0 aromatic heterocycles. The molecule has 1 aromatic rings. The fourth-order valence-electron chi connectivity index (χ4n) is 2.69. The van der Waals surface area contributed by atoms with Crippen LogP contribution in [0.25, 0.3) is 0 Å². The number of guanidine groups is 1. The number of benzene rings is 1. The summed E-state index contributed by atoms with van der Waals surface area (Å²) in [6, 6.07) is 4.26. The summed E-state index contributed by atoms with van der Waals surface area (Å²) in [6.07, 6.45) is 6.22. The molecule has 1 aliphatic carbocycles. The molecule has 2 rings (SSSR count). The summed E-state index contributed by atoms with van der Waals surface area (Å²) >= 11 is 3.53. The lowest BCUT2D eigenvalue weighted by atomic mass is 9.96. The minimum absolute atomic E-state index is 0.464. The van der Waals surface area contributed by atoms with Crippen molar-refractivity contribution < 1.29 is 9.47 Å². The van der Waals surface area contributed by atoms with Crippen molar-refractivity contribution in [3.05, 3.63) is 22.2 Å². The Morgan fingerprint density at radius 1 is 1.23 bits per heavy atom. The first-order chi connectivity index (χ1) is 10.6. The fourth-order valence-corrected chi connectivity index (χ4v) is 3.14. The number of ether oxygens (including phenoxy) is 2. The van der Waals surface area contributed by atoms with Gasteiger partial charge in [-0.1, -0.05) is 35.2 Å². The van der Waals surface area contributed by atoms with Gasteiger partial charge >= 0.3 is 0 Å². The summed E-state index contributed by atoms with van der Waals surface area (Å²) in [5.41, 5.74) is 7.00. The van der Waals surface area contributed by atoms with Crippen LogP contribution in [0.15, 0.2) is 21.6 Å². The predicted molar refractivity (Wildman–Crippen MR) is 92.6 cm³/mol. The van der Waals surface area contributed by atoms with Gasteiger partial charge in [-0.05, 0) is 30.5 Å². The predicted octanol–water partition coefficient (Wildman–Crippen LogP) is 3.20. The Hall–Kier alpha value is -1.43. The van der Waals surface area contributed by atoms with Gasteiger partial charge in [0.2, 0.25) is 0 Å². The summed E-state index contributed by atoms with van der Waals surface area (Å²) in [4.78, 5) is 4.44. The molecule has 3 N–H and O–H groups in total. The number of hydrogen-bond donors (Lipinski definition) is 2. The molecule has 0 heterocycles. The van der Waals surface area contributed by atoms with Crippen LogP contribution in [-0.2, 0) is 6.54 Å². The van der Waals surface area contributed by atoms with Crippen LogP contribution in [0.1, 0.15) is 37.7 Å². The zero-order chi connectivity index (χ0) is 15.9. The summed E-state index contributed by atoms with van der Waals surface area (Å²) in [5, 5.41) is 3.32. The zero-order valence-corrected chi connectivity index (χ0v) is 14.8. The third-order valence-corrected chi connectivity index (χ3v) is 4.67. The Labute approximate surface area is 140 Å². The average molecular weight is 370 g/mol. The maximum absolute atomic E-state index is 6.00. The van der Waals surface area contributed by atoms with Crippen molar-refractivity contribution >= 4 is 21.9 Å². The molecule has 1 saturated carbocycles. The number of rotatable bonds is 5. The quantitative estimate of drug-likeness (QED) is 0.617. The van der Waals surface area contributed by atoms with Gasteiger partial charge in [0.05, 0.1) is 20.8 Å². The SMILES string of the molecule is COc1cc(Br)c(CN=C(N)NC2CCCCC2)cc1OC. The van der Waals surface area contributed by atoms with E-state index in [2.05, 4.69) is 26.2 Å². The Bertz CT molecular complexity index is 528. The molecule has 0 amide bonds. The topological polar surface area (TPSA) is 68.9 Å². The van der Waals surface area contributed by atoms with Gasteiger partial charge in [-0.15, -0.1) is 0 Å². The third-order valence-electron chi connectivity index (χ3n) is 3.93. The molecule has 0 bridgehead atoms. The Morgan fingerprint density at radius 3 is 2.50 bits per heavy atom. The van der Waals surface area contributed by atoms with Crippen LogP contribution in [-0.4, -0.2) is 26.2 Å². The molecular formula is C16H24BrN3O2. The molecule has 1 aromatic carbocycles. The van der Waals surface area contributed by atoms with E-state index in [4.69, 9.17) is 15.2 Å². The summed E-state index contributed by atoms with van der Waals surface area (Å²) in [6.45, 7) is 0.493. The molecule has 1 fully saturated rings. The van der Waals surface area contributed by atoms with Gasteiger partial charge < -0.3 is 20.5 Å². The monoisotopic (exact) mass is 369 g/mol. The highest BCUT2D eigenvalue weighted by Gasteiger charge is 2.14. The second-order valence-electron chi connectivity index (χ2n) is 5.48. The van der Waals surface area contributed by atoms with E-state index < -0.39 is 0 Å². The van der Waals surface area contributed by atoms with Crippen molar-refractivity contribution in [2.24, 2.45) is 10.7 Å². The zero-order valence-electron chi connectivity index (χ0n) is 13.2. The van der Waals surface area contributed by atoms with Crippen LogP contribution in [0, 0.1) is 0 Å². The number of halogens is 1. The molecule has 0 radical (unpaired) electrons. The van der Waals surface area contributed by atoms with Gasteiger partial charge in [-0.3, -0.25) is 0 Å². The molecule has 0 spiro atoms. The lowest BCUT2D eigenvalue weighted by Crippen LogP contribution is -2.41. The number of nitrogens with one attached hydrogen (secondary N) is 1. The standard InChI is InChI=1S/C16H24BrN3O2/c1-21-14-8-11(13(17)9-15(14)22-2)10-19-16(18)20-12-6-4-3-5-7-12/h8-9,12H,3-7,10H2,1-2H3,(H3,18,19,20). The highest BCUT2D eigenvalue weighted by Crippen LogP contribution is 2.33. The Kier molecular flexibility index (Phi) is 6.36. The molecule has 0 unspecified atom stereocenters. The van der Waals surface area contributed by atoms with Crippen molar-refractivity contribution in [3.8, 4) is 11.5 Å². The van der Waals surface area contributed by atoms with Crippen molar-refractivity contribution in [3.63, 3.8) is 0 Å². The van der Waals surface area contributed by atoms with E-state index in [0.29, 0.717) is 30.0 Å². The first-order valence-electron chi connectivity index (χ1n) is 7.61. The summed E-state index contributed by atoms with van der Waals surface area (Å²) in [7, 11) is 3.24. The van der Waals surface area contributed by atoms with Gasteiger partial charge in [-0.2, -0.15) is 0 Å². The third kappa shape index (κ3) is 4.53. The van der Waals surface area contributed by atoms with Crippen molar-refractivity contribution in [2.45, 2.75) is 44.7 Å². The molecule has 22 heavy (non-hydrogen) atoms. The second-order valence-corrected chi connectivity index (χ2v) is 6.33. The van der Waals surface area contributed by atoms with Crippen LogP contribution in [0.3, 0.4) is 0 Å². The highest BCUT2D eigenvalue weighted by atomic mass is 79.9. The first-order valence-corrected chi connectivity index (χ1v) is 8.40. The van der Waals surface area contributed by atoms with E-state index in [9.17, 15) is 0 Å². The highest BCUT2D eigenvalue weighted by molar-refractivity contribution is 9.10. The largest absolute Gasteiger partial charge is 0.493 e. The molecule has 122 valence electrons. The average Bonchev–Trinajstić information content (AvgIpc) is 2.54. The molecule has 5 nitrogen and oxygen atoms in total. The summed E-state index contributed by atoms with van der Waals surface area (Å²) < 4.78 is 11.5.